The van der Waals surface area contributed by atoms with Gasteiger partial charge in [0, 0.05) is 71.8 Å². The maximum Gasteiger partial charge on any atom is 0.191 e. The van der Waals surface area contributed by atoms with Gasteiger partial charge in [-0.05, 0) is 29.8 Å². The van der Waals surface area contributed by atoms with Gasteiger partial charge < -0.3 is 20.1 Å². The second-order valence-electron chi connectivity index (χ2n) is 7.25. The van der Waals surface area contributed by atoms with Crippen LogP contribution in [0.15, 0.2) is 53.8 Å². The Hall–Kier alpha value is -2.31. The van der Waals surface area contributed by atoms with Gasteiger partial charge in [-0.2, -0.15) is 0 Å². The first-order valence-electron chi connectivity index (χ1n) is 10.3. The fraction of sp³-hybridized carbons (Fsp3) is 0.500. The summed E-state index contributed by atoms with van der Waals surface area (Å²) < 4.78 is 2.16. The molecule has 2 aromatic rings. The minimum absolute atomic E-state index is 0.786. The van der Waals surface area contributed by atoms with E-state index in [1.54, 1.807) is 0 Å². The van der Waals surface area contributed by atoms with Crippen molar-refractivity contribution in [1.29, 1.82) is 0 Å². The predicted molar refractivity (Wildman–Crippen MR) is 116 cm³/mol. The van der Waals surface area contributed by atoms with E-state index >= 15 is 0 Å². The normalized spacial score (nSPS) is 16.3. The highest BCUT2D eigenvalue weighted by Gasteiger charge is 2.16. The van der Waals surface area contributed by atoms with Crippen molar-refractivity contribution >= 4 is 5.96 Å². The molecule has 1 fully saturated rings. The number of nitrogens with one attached hydrogen (secondary N) is 2. The summed E-state index contributed by atoms with van der Waals surface area (Å²) in [6, 6.07) is 12.8. The van der Waals surface area contributed by atoms with Gasteiger partial charge in [-0.15, -0.1) is 0 Å². The van der Waals surface area contributed by atoms with E-state index in [1.165, 1.54) is 24.2 Å². The van der Waals surface area contributed by atoms with Gasteiger partial charge in [0.25, 0.3) is 0 Å². The summed E-state index contributed by atoms with van der Waals surface area (Å²) in [6.45, 7) is 11.6. The molecule has 1 aromatic carbocycles. The first-order valence-corrected chi connectivity index (χ1v) is 10.3. The smallest absolute Gasteiger partial charge is 0.191 e. The largest absolute Gasteiger partial charge is 0.355 e. The van der Waals surface area contributed by atoms with Crippen molar-refractivity contribution < 1.29 is 0 Å². The molecule has 0 atom stereocenters. The molecule has 6 heteroatoms. The number of rotatable bonds is 8. The Balaban J connectivity index is 1.48. The van der Waals surface area contributed by atoms with Crippen LogP contribution in [0.3, 0.4) is 0 Å². The maximum atomic E-state index is 4.35. The van der Waals surface area contributed by atoms with Crippen LogP contribution in [0.2, 0.25) is 0 Å². The average Bonchev–Trinajstić information content (AvgIpc) is 3.25. The Kier molecular flexibility index (Phi) is 7.94. The molecule has 0 radical (unpaired) electrons. The summed E-state index contributed by atoms with van der Waals surface area (Å²) in [4.78, 5) is 9.44. The number of guanidine groups is 1. The number of aliphatic imine (C=N–C) groups is 1. The third-order valence-corrected chi connectivity index (χ3v) is 5.42. The van der Waals surface area contributed by atoms with E-state index < -0.39 is 0 Å². The molecule has 1 saturated heterocycles. The molecule has 1 aliphatic heterocycles. The zero-order valence-corrected chi connectivity index (χ0v) is 17.3. The monoisotopic (exact) mass is 382 g/mol. The highest BCUT2D eigenvalue weighted by Crippen LogP contribution is 2.13. The topological polar surface area (TPSA) is 47.8 Å². The fourth-order valence-electron chi connectivity index (χ4n) is 3.61. The van der Waals surface area contributed by atoms with E-state index in [4.69, 9.17) is 0 Å². The molecule has 0 bridgehead atoms. The first kappa shape index (κ1) is 20.4. The lowest BCUT2D eigenvalue weighted by Crippen LogP contribution is -2.45. The van der Waals surface area contributed by atoms with Crippen LogP contribution in [0, 0.1) is 0 Å². The van der Waals surface area contributed by atoms with Gasteiger partial charge in [-0.25, -0.2) is 0 Å². The third kappa shape index (κ3) is 6.11. The Morgan fingerprint density at radius 1 is 0.929 bits per heavy atom. The number of piperazine rings is 1. The Morgan fingerprint density at radius 2 is 1.61 bits per heavy atom. The number of nitrogens with zero attached hydrogens (tertiary/aromatic N) is 4. The molecule has 2 heterocycles. The van der Waals surface area contributed by atoms with E-state index in [-0.39, 0.29) is 0 Å². The number of likely N-dealkylation sites (N-methyl/N-ethyl adjacent to an activating group) is 1. The molecule has 6 nitrogen and oxygen atoms in total. The van der Waals surface area contributed by atoms with Crippen LogP contribution in [-0.2, 0) is 19.6 Å². The molecule has 0 saturated carbocycles. The second-order valence-corrected chi connectivity index (χ2v) is 7.25. The fourth-order valence-corrected chi connectivity index (χ4v) is 3.61. The summed E-state index contributed by atoms with van der Waals surface area (Å²) in [5, 5.41) is 6.85. The van der Waals surface area contributed by atoms with E-state index in [1.807, 2.05) is 19.2 Å². The summed E-state index contributed by atoms with van der Waals surface area (Å²) in [5.74, 6) is 0.846. The van der Waals surface area contributed by atoms with Crippen molar-refractivity contribution in [2.75, 3.05) is 46.3 Å². The van der Waals surface area contributed by atoms with Crippen LogP contribution in [0.4, 0.5) is 0 Å². The van der Waals surface area contributed by atoms with Crippen molar-refractivity contribution in [1.82, 2.24) is 25.0 Å². The second kappa shape index (κ2) is 10.9. The summed E-state index contributed by atoms with van der Waals surface area (Å²) in [6.07, 6.45) is 4.16. The zero-order valence-electron chi connectivity index (χ0n) is 17.3. The van der Waals surface area contributed by atoms with Crippen LogP contribution in [-0.4, -0.2) is 66.6 Å². The average molecular weight is 383 g/mol. The number of hydrogen-bond acceptors (Lipinski definition) is 3. The molecule has 1 aromatic heterocycles. The Morgan fingerprint density at radius 3 is 2.29 bits per heavy atom. The van der Waals surface area contributed by atoms with Crippen LogP contribution < -0.4 is 10.6 Å². The number of aromatic nitrogens is 1. The highest BCUT2D eigenvalue weighted by atomic mass is 15.3. The van der Waals surface area contributed by atoms with Crippen molar-refractivity contribution in [2.45, 2.75) is 26.6 Å². The minimum atomic E-state index is 0.786. The molecule has 0 aliphatic carbocycles. The molecule has 0 spiro atoms. The highest BCUT2D eigenvalue weighted by molar-refractivity contribution is 5.79. The van der Waals surface area contributed by atoms with Gasteiger partial charge in [-0.3, -0.25) is 9.89 Å². The molecule has 1 aliphatic rings. The van der Waals surface area contributed by atoms with E-state index in [9.17, 15) is 0 Å². The number of benzene rings is 1. The molecular weight excluding hydrogens is 348 g/mol. The van der Waals surface area contributed by atoms with Crippen molar-refractivity contribution in [3.05, 3.63) is 59.9 Å². The van der Waals surface area contributed by atoms with Gasteiger partial charge in [0.15, 0.2) is 5.96 Å². The van der Waals surface area contributed by atoms with Gasteiger partial charge in [0.2, 0.25) is 0 Å². The molecular formula is C22H34N6. The van der Waals surface area contributed by atoms with Gasteiger partial charge >= 0.3 is 0 Å². The summed E-state index contributed by atoms with van der Waals surface area (Å²) in [5.41, 5.74) is 2.75. The van der Waals surface area contributed by atoms with Gasteiger partial charge in [0.05, 0.1) is 0 Å². The van der Waals surface area contributed by atoms with E-state index in [0.717, 1.165) is 51.8 Å². The zero-order chi connectivity index (χ0) is 19.6. The van der Waals surface area contributed by atoms with Crippen LogP contribution in [0.5, 0.6) is 0 Å². The van der Waals surface area contributed by atoms with Crippen LogP contribution in [0.25, 0.3) is 0 Å². The van der Waals surface area contributed by atoms with Crippen LogP contribution in [0.1, 0.15) is 18.1 Å². The van der Waals surface area contributed by atoms with Gasteiger partial charge in [0.1, 0.15) is 0 Å². The molecule has 0 unspecified atom stereocenters. The first-order chi connectivity index (χ1) is 13.8. The minimum Gasteiger partial charge on any atom is -0.355 e. The van der Waals surface area contributed by atoms with Gasteiger partial charge in [-0.1, -0.05) is 31.2 Å². The SMILES string of the molecule is CCN1CCN(Cc2ccccc2CNC(=NC)NCCn2cccc2)CC1. The molecule has 28 heavy (non-hydrogen) atoms. The standard InChI is InChI=1S/C22H34N6/c1-3-26-14-16-28(17-15-26)19-21-9-5-4-8-20(21)18-25-22(23-2)24-10-13-27-11-6-7-12-27/h4-9,11-12H,3,10,13-19H2,1-2H3,(H2,23,24,25). The molecule has 2 N–H and O–H groups in total. The lowest BCUT2D eigenvalue weighted by molar-refractivity contribution is 0.131. The van der Waals surface area contributed by atoms with Crippen molar-refractivity contribution in [2.24, 2.45) is 4.99 Å². The molecule has 0 amide bonds. The van der Waals surface area contributed by atoms with Crippen molar-refractivity contribution in [3.8, 4) is 0 Å². The summed E-state index contributed by atoms with van der Waals surface area (Å²) >= 11 is 0. The van der Waals surface area contributed by atoms with Crippen molar-refractivity contribution in [3.63, 3.8) is 0 Å². The Labute approximate surface area is 169 Å². The van der Waals surface area contributed by atoms with Crippen LogP contribution >= 0.6 is 0 Å². The quantitative estimate of drug-likeness (QED) is 0.542. The molecule has 152 valence electrons. The predicted octanol–water partition coefficient (Wildman–Crippen LogP) is 1.99. The maximum absolute atomic E-state index is 4.35. The number of hydrogen-bond donors (Lipinski definition) is 2. The van der Waals surface area contributed by atoms with E-state index in [2.05, 4.69) is 73.6 Å². The van der Waals surface area contributed by atoms with E-state index in [0.29, 0.717) is 0 Å². The summed E-state index contributed by atoms with van der Waals surface area (Å²) in [7, 11) is 1.82. The Bertz CT molecular complexity index is 716. The lowest BCUT2D eigenvalue weighted by Gasteiger charge is -2.34. The third-order valence-electron chi connectivity index (χ3n) is 5.42. The lowest BCUT2D eigenvalue weighted by atomic mass is 10.1. The molecule has 3 rings (SSSR count).